The fourth-order valence-electron chi connectivity index (χ4n) is 1.56. The molecule has 0 heterocycles. The first-order valence-corrected chi connectivity index (χ1v) is 6.61. The summed E-state index contributed by atoms with van der Waals surface area (Å²) in [5.74, 6) is -0.0517. The highest BCUT2D eigenvalue weighted by atomic mass is 79.9. The van der Waals surface area contributed by atoms with Crippen LogP contribution in [0.2, 0.25) is 0 Å². The molecule has 104 valence electrons. The summed E-state index contributed by atoms with van der Waals surface area (Å²) in [7, 11) is 0. The van der Waals surface area contributed by atoms with E-state index in [4.69, 9.17) is 5.73 Å². The summed E-state index contributed by atoms with van der Waals surface area (Å²) in [5, 5.41) is 13.3. The van der Waals surface area contributed by atoms with E-state index >= 15 is 0 Å². The van der Waals surface area contributed by atoms with Crippen LogP contribution in [0.4, 0.5) is 11.4 Å². The summed E-state index contributed by atoms with van der Waals surface area (Å²) < 4.78 is 0.572. The van der Waals surface area contributed by atoms with Crippen molar-refractivity contribution < 1.29 is 9.72 Å². The molecule has 0 bridgehead atoms. The van der Waals surface area contributed by atoms with Crippen LogP contribution in [-0.4, -0.2) is 16.9 Å². The molecule has 0 aliphatic heterocycles. The molecule has 1 rings (SSSR count). The van der Waals surface area contributed by atoms with Crippen LogP contribution in [0.3, 0.4) is 0 Å². The quantitative estimate of drug-likeness (QED) is 0.640. The third-order valence-corrected chi connectivity index (χ3v) is 3.17. The molecule has 6 nitrogen and oxygen atoms in total. The molecule has 1 aromatic rings. The Labute approximate surface area is 119 Å². The Kier molecular flexibility index (Phi) is 5.44. The Morgan fingerprint density at radius 2 is 2.16 bits per heavy atom. The van der Waals surface area contributed by atoms with Gasteiger partial charge in [0.2, 0.25) is 5.91 Å². The van der Waals surface area contributed by atoms with Gasteiger partial charge in [-0.1, -0.05) is 13.8 Å². The third-order valence-electron chi connectivity index (χ3n) is 2.48. The van der Waals surface area contributed by atoms with Crippen molar-refractivity contribution in [3.8, 4) is 0 Å². The minimum atomic E-state index is -0.633. The average Bonchev–Trinajstić information content (AvgIpc) is 2.30. The van der Waals surface area contributed by atoms with Crippen molar-refractivity contribution in [3.63, 3.8) is 0 Å². The lowest BCUT2D eigenvalue weighted by Gasteiger charge is -2.14. The van der Waals surface area contributed by atoms with E-state index in [2.05, 4.69) is 21.2 Å². The monoisotopic (exact) mass is 329 g/mol. The number of nitrogens with one attached hydrogen (secondary N) is 1. The first-order chi connectivity index (χ1) is 8.81. The molecule has 7 heteroatoms. The second kappa shape index (κ2) is 6.63. The van der Waals surface area contributed by atoms with Crippen molar-refractivity contribution in [2.24, 2.45) is 11.7 Å². The van der Waals surface area contributed by atoms with E-state index in [-0.39, 0.29) is 11.6 Å². The minimum Gasteiger partial charge on any atom is -0.323 e. The molecule has 0 radical (unpaired) electrons. The van der Waals surface area contributed by atoms with E-state index in [1.54, 1.807) is 0 Å². The molecular weight excluding hydrogens is 314 g/mol. The van der Waals surface area contributed by atoms with Crippen molar-refractivity contribution in [1.29, 1.82) is 0 Å². The Balaban J connectivity index is 2.84. The standard InChI is InChI=1S/C12H16BrN3O3/c1-7(2)5-10(14)12(17)15-11-6-8(16(18)19)3-4-9(11)13/h3-4,6-7,10H,5,14H2,1-2H3,(H,15,17)/t10-/m1/s1. The number of nitro groups is 1. The molecule has 1 aromatic carbocycles. The number of nitrogens with two attached hydrogens (primary N) is 1. The van der Waals surface area contributed by atoms with Gasteiger partial charge in [-0.05, 0) is 34.3 Å². The zero-order valence-corrected chi connectivity index (χ0v) is 12.3. The van der Waals surface area contributed by atoms with Crippen molar-refractivity contribution in [2.75, 3.05) is 5.32 Å². The van der Waals surface area contributed by atoms with Crippen LogP contribution in [0.5, 0.6) is 0 Å². The highest BCUT2D eigenvalue weighted by Crippen LogP contribution is 2.27. The number of nitro benzene ring substituents is 1. The Morgan fingerprint density at radius 1 is 1.53 bits per heavy atom. The average molecular weight is 330 g/mol. The van der Waals surface area contributed by atoms with Gasteiger partial charge in [-0.2, -0.15) is 0 Å². The molecule has 0 aliphatic carbocycles. The summed E-state index contributed by atoms with van der Waals surface area (Å²) in [5.41, 5.74) is 6.01. The fraction of sp³-hybridized carbons (Fsp3) is 0.417. The smallest absolute Gasteiger partial charge is 0.271 e. The number of halogens is 1. The Hall–Kier alpha value is -1.47. The maximum atomic E-state index is 11.9. The highest BCUT2D eigenvalue weighted by molar-refractivity contribution is 9.10. The number of amides is 1. The number of rotatable bonds is 5. The molecule has 0 unspecified atom stereocenters. The summed E-state index contributed by atoms with van der Waals surface area (Å²) in [6.45, 7) is 3.94. The lowest BCUT2D eigenvalue weighted by molar-refractivity contribution is -0.384. The summed E-state index contributed by atoms with van der Waals surface area (Å²) in [6.07, 6.45) is 0.554. The molecule has 0 spiro atoms. The van der Waals surface area contributed by atoms with E-state index in [1.165, 1.54) is 18.2 Å². The van der Waals surface area contributed by atoms with Crippen molar-refractivity contribution in [3.05, 3.63) is 32.8 Å². The molecule has 0 saturated carbocycles. The molecular formula is C12H16BrN3O3. The number of non-ortho nitro benzene ring substituents is 1. The van der Waals surface area contributed by atoms with Gasteiger partial charge in [0.1, 0.15) is 0 Å². The van der Waals surface area contributed by atoms with Crippen molar-refractivity contribution >= 4 is 33.2 Å². The van der Waals surface area contributed by atoms with Crippen LogP contribution >= 0.6 is 15.9 Å². The fourth-order valence-corrected chi connectivity index (χ4v) is 1.91. The second-order valence-corrected chi connectivity index (χ2v) is 5.50. The molecule has 3 N–H and O–H groups in total. The number of benzene rings is 1. The molecule has 0 aromatic heterocycles. The third kappa shape index (κ3) is 4.60. The highest BCUT2D eigenvalue weighted by Gasteiger charge is 2.17. The van der Waals surface area contributed by atoms with Crippen molar-refractivity contribution in [1.82, 2.24) is 0 Å². The normalized spacial score (nSPS) is 12.3. The maximum Gasteiger partial charge on any atom is 0.271 e. The van der Waals surface area contributed by atoms with E-state index in [9.17, 15) is 14.9 Å². The van der Waals surface area contributed by atoms with Gasteiger partial charge in [-0.15, -0.1) is 0 Å². The van der Waals surface area contributed by atoms with Crippen LogP contribution in [0.1, 0.15) is 20.3 Å². The summed E-state index contributed by atoms with van der Waals surface area (Å²) in [4.78, 5) is 22.0. The van der Waals surface area contributed by atoms with Gasteiger partial charge in [0.15, 0.2) is 0 Å². The van der Waals surface area contributed by atoms with Crippen molar-refractivity contribution in [2.45, 2.75) is 26.3 Å². The SMILES string of the molecule is CC(C)C[C@@H](N)C(=O)Nc1cc([N+](=O)[O-])ccc1Br. The van der Waals surface area contributed by atoms with Gasteiger partial charge >= 0.3 is 0 Å². The summed E-state index contributed by atoms with van der Waals surface area (Å²) >= 11 is 3.23. The number of carbonyl (C=O) groups excluding carboxylic acids is 1. The predicted octanol–water partition coefficient (Wildman–Crippen LogP) is 2.67. The van der Waals surface area contributed by atoms with E-state index in [1.807, 2.05) is 13.8 Å². The van der Waals surface area contributed by atoms with Gasteiger partial charge in [0.05, 0.1) is 16.7 Å². The molecule has 1 amide bonds. The number of carbonyl (C=O) groups is 1. The zero-order chi connectivity index (χ0) is 14.6. The number of hydrogen-bond acceptors (Lipinski definition) is 4. The van der Waals surface area contributed by atoms with Gasteiger partial charge < -0.3 is 11.1 Å². The van der Waals surface area contributed by atoms with Gasteiger partial charge in [-0.3, -0.25) is 14.9 Å². The minimum absolute atomic E-state index is 0.0871. The van der Waals surface area contributed by atoms with Gasteiger partial charge in [0.25, 0.3) is 5.69 Å². The van der Waals surface area contributed by atoms with E-state index < -0.39 is 11.0 Å². The summed E-state index contributed by atoms with van der Waals surface area (Å²) in [6, 6.07) is 3.53. The first-order valence-electron chi connectivity index (χ1n) is 5.81. The molecule has 1 atom stereocenters. The maximum absolute atomic E-state index is 11.9. The molecule has 0 fully saturated rings. The van der Waals surface area contributed by atoms with Crippen LogP contribution in [0, 0.1) is 16.0 Å². The molecule has 0 saturated heterocycles. The number of nitrogens with zero attached hydrogens (tertiary/aromatic N) is 1. The Bertz CT molecular complexity index is 491. The number of anilines is 1. The Morgan fingerprint density at radius 3 is 2.68 bits per heavy atom. The number of hydrogen-bond donors (Lipinski definition) is 2. The van der Waals surface area contributed by atoms with Crippen LogP contribution < -0.4 is 11.1 Å². The topological polar surface area (TPSA) is 98.3 Å². The lowest BCUT2D eigenvalue weighted by Crippen LogP contribution is -2.36. The van der Waals surface area contributed by atoms with Crippen LogP contribution in [-0.2, 0) is 4.79 Å². The first kappa shape index (κ1) is 15.6. The second-order valence-electron chi connectivity index (χ2n) is 4.65. The molecule has 19 heavy (non-hydrogen) atoms. The zero-order valence-electron chi connectivity index (χ0n) is 10.7. The molecule has 0 aliphatic rings. The van der Waals surface area contributed by atoms with Crippen LogP contribution in [0.15, 0.2) is 22.7 Å². The lowest BCUT2D eigenvalue weighted by atomic mass is 10.0. The predicted molar refractivity (Wildman–Crippen MR) is 76.9 cm³/mol. The van der Waals surface area contributed by atoms with E-state index in [0.29, 0.717) is 22.5 Å². The largest absolute Gasteiger partial charge is 0.323 e. The van der Waals surface area contributed by atoms with Gasteiger partial charge in [0, 0.05) is 16.6 Å². The van der Waals surface area contributed by atoms with E-state index in [0.717, 1.165) is 0 Å². The van der Waals surface area contributed by atoms with Gasteiger partial charge in [-0.25, -0.2) is 0 Å². The van der Waals surface area contributed by atoms with Crippen LogP contribution in [0.25, 0.3) is 0 Å².